The van der Waals surface area contributed by atoms with E-state index in [1.165, 1.54) is 0 Å². The fourth-order valence-corrected chi connectivity index (χ4v) is 4.16. The Balaban J connectivity index is 1.74. The van der Waals surface area contributed by atoms with E-state index in [1.54, 1.807) is 0 Å². The molecule has 26 heavy (non-hydrogen) atoms. The molecule has 1 aliphatic carbocycles. The summed E-state index contributed by atoms with van der Waals surface area (Å²) in [6, 6.07) is 5.39. The van der Waals surface area contributed by atoms with E-state index in [1.807, 2.05) is 39.0 Å². The number of nitrogens with one attached hydrogen (secondary N) is 2. The van der Waals surface area contributed by atoms with Gasteiger partial charge in [0.25, 0.3) is 5.91 Å². The van der Waals surface area contributed by atoms with Gasteiger partial charge in [-0.3, -0.25) is 14.5 Å². The second-order valence-electron chi connectivity index (χ2n) is 7.45. The zero-order chi connectivity index (χ0) is 18.9. The van der Waals surface area contributed by atoms with Crippen LogP contribution in [0.4, 0.5) is 10.5 Å². The fourth-order valence-electron chi connectivity index (χ4n) is 4.16. The number of urea groups is 1. The Hall–Kier alpha value is -2.37. The van der Waals surface area contributed by atoms with Gasteiger partial charge in [-0.2, -0.15) is 0 Å². The molecular formula is C20H27N3O3. The molecule has 4 amide bonds. The van der Waals surface area contributed by atoms with Crippen LogP contribution in [-0.4, -0.2) is 34.8 Å². The van der Waals surface area contributed by atoms with Crippen molar-refractivity contribution in [3.05, 3.63) is 29.3 Å². The zero-order valence-electron chi connectivity index (χ0n) is 15.7. The molecule has 0 radical (unpaired) electrons. The molecular weight excluding hydrogens is 330 g/mol. The zero-order valence-corrected chi connectivity index (χ0v) is 15.7. The van der Waals surface area contributed by atoms with Crippen LogP contribution in [0, 0.1) is 12.8 Å². The number of nitrogens with zero attached hydrogens (tertiary/aromatic N) is 1. The second-order valence-corrected chi connectivity index (χ2v) is 7.45. The van der Waals surface area contributed by atoms with Gasteiger partial charge in [-0.05, 0) is 43.2 Å². The van der Waals surface area contributed by atoms with Crippen LogP contribution in [0.3, 0.4) is 0 Å². The van der Waals surface area contributed by atoms with Crippen molar-refractivity contribution in [1.29, 1.82) is 0 Å². The maximum atomic E-state index is 12.9. The van der Waals surface area contributed by atoms with Crippen molar-refractivity contribution in [3.63, 3.8) is 0 Å². The highest BCUT2D eigenvalue weighted by Crippen LogP contribution is 2.38. The molecule has 140 valence electrons. The Morgan fingerprint density at radius 3 is 2.81 bits per heavy atom. The van der Waals surface area contributed by atoms with E-state index in [0.717, 1.165) is 47.4 Å². The molecule has 1 aromatic rings. The van der Waals surface area contributed by atoms with E-state index in [2.05, 4.69) is 10.6 Å². The van der Waals surface area contributed by atoms with E-state index < -0.39 is 11.6 Å². The first kappa shape index (κ1) is 18.4. The van der Waals surface area contributed by atoms with Crippen molar-refractivity contribution in [2.45, 2.75) is 58.4 Å². The summed E-state index contributed by atoms with van der Waals surface area (Å²) in [4.78, 5) is 39.0. The summed E-state index contributed by atoms with van der Waals surface area (Å²) < 4.78 is 0. The summed E-state index contributed by atoms with van der Waals surface area (Å²) in [5.41, 5.74) is 1.94. The first-order valence-corrected chi connectivity index (χ1v) is 9.41. The summed E-state index contributed by atoms with van der Waals surface area (Å²) in [6.07, 6.45) is 4.34. The van der Waals surface area contributed by atoms with Crippen LogP contribution in [-0.2, 0) is 16.0 Å². The fraction of sp³-hybridized carbons (Fsp3) is 0.550. The van der Waals surface area contributed by atoms with E-state index in [-0.39, 0.29) is 24.3 Å². The van der Waals surface area contributed by atoms with Crippen molar-refractivity contribution >= 4 is 23.5 Å². The van der Waals surface area contributed by atoms with E-state index >= 15 is 0 Å². The summed E-state index contributed by atoms with van der Waals surface area (Å²) in [5.74, 6) is -0.521. The van der Waals surface area contributed by atoms with Gasteiger partial charge in [-0.1, -0.05) is 44.9 Å². The van der Waals surface area contributed by atoms with Crippen molar-refractivity contribution in [1.82, 2.24) is 10.2 Å². The highest BCUT2D eigenvalue weighted by molar-refractivity contribution is 6.10. The summed E-state index contributed by atoms with van der Waals surface area (Å²) in [7, 11) is 0. The molecule has 0 aromatic heterocycles. The minimum absolute atomic E-state index is 0.0869. The van der Waals surface area contributed by atoms with Crippen molar-refractivity contribution in [2.75, 3.05) is 11.9 Å². The number of anilines is 1. The Morgan fingerprint density at radius 1 is 1.35 bits per heavy atom. The van der Waals surface area contributed by atoms with Crippen LogP contribution < -0.4 is 10.6 Å². The lowest BCUT2D eigenvalue weighted by molar-refractivity contribution is -0.136. The lowest BCUT2D eigenvalue weighted by Crippen LogP contribution is -2.54. The quantitative estimate of drug-likeness (QED) is 0.813. The smallest absolute Gasteiger partial charge is 0.324 e. The molecule has 0 bridgehead atoms. The summed E-state index contributed by atoms with van der Waals surface area (Å²) in [6.45, 7) is 5.70. The monoisotopic (exact) mass is 357 g/mol. The molecule has 2 fully saturated rings. The lowest BCUT2D eigenvalue weighted by Gasteiger charge is -2.36. The molecule has 1 saturated carbocycles. The van der Waals surface area contributed by atoms with Gasteiger partial charge < -0.3 is 10.6 Å². The molecule has 6 heteroatoms. The van der Waals surface area contributed by atoms with E-state index in [4.69, 9.17) is 0 Å². The summed E-state index contributed by atoms with van der Waals surface area (Å²) >= 11 is 0. The van der Waals surface area contributed by atoms with Gasteiger partial charge in [-0.25, -0.2) is 4.79 Å². The first-order valence-electron chi connectivity index (χ1n) is 9.41. The van der Waals surface area contributed by atoms with Crippen LogP contribution in [0.5, 0.6) is 0 Å². The summed E-state index contributed by atoms with van der Waals surface area (Å²) in [5, 5.41) is 5.77. The average molecular weight is 357 g/mol. The Morgan fingerprint density at radius 2 is 2.12 bits per heavy atom. The third-order valence-electron chi connectivity index (χ3n) is 5.81. The minimum Gasteiger partial charge on any atom is -0.324 e. The standard InChI is InChI=1S/C20H27N3O3/c1-4-15-10-7-8-13(2)17(15)21-16(24)12-23-18(25)20(22-19(23)26)11-6-5-9-14(20)3/h7-8,10,14H,4-6,9,11-12H2,1-3H3,(H,21,24)(H,22,26)/t14-,20+/m1/s1. The van der Waals surface area contributed by atoms with Crippen LogP contribution in [0.15, 0.2) is 18.2 Å². The molecule has 2 N–H and O–H groups in total. The van der Waals surface area contributed by atoms with Gasteiger partial charge in [0.05, 0.1) is 0 Å². The minimum atomic E-state index is -0.827. The molecule has 2 aliphatic rings. The molecule has 6 nitrogen and oxygen atoms in total. The first-order chi connectivity index (χ1) is 12.4. The normalized spacial score (nSPS) is 25.5. The topological polar surface area (TPSA) is 78.5 Å². The average Bonchev–Trinajstić information content (AvgIpc) is 2.84. The largest absolute Gasteiger partial charge is 0.325 e. The molecule has 2 atom stereocenters. The number of benzene rings is 1. The van der Waals surface area contributed by atoms with Gasteiger partial charge >= 0.3 is 6.03 Å². The highest BCUT2D eigenvalue weighted by Gasteiger charge is 2.55. The molecule has 3 rings (SSSR count). The number of amides is 4. The molecule has 1 spiro atoms. The van der Waals surface area contributed by atoms with Gasteiger partial charge in [0.2, 0.25) is 5.91 Å². The van der Waals surface area contributed by atoms with Gasteiger partial charge in [0.15, 0.2) is 0 Å². The van der Waals surface area contributed by atoms with Crippen molar-refractivity contribution in [3.8, 4) is 0 Å². The van der Waals surface area contributed by atoms with Crippen LogP contribution in [0.25, 0.3) is 0 Å². The molecule has 1 saturated heterocycles. The van der Waals surface area contributed by atoms with Crippen LogP contribution in [0.1, 0.15) is 50.7 Å². The van der Waals surface area contributed by atoms with Gasteiger partial charge in [0.1, 0.15) is 12.1 Å². The number of hydrogen-bond donors (Lipinski definition) is 2. The predicted molar refractivity (Wildman–Crippen MR) is 99.8 cm³/mol. The van der Waals surface area contributed by atoms with E-state index in [9.17, 15) is 14.4 Å². The van der Waals surface area contributed by atoms with E-state index in [0.29, 0.717) is 6.42 Å². The molecule has 1 aliphatic heterocycles. The molecule has 0 unspecified atom stereocenters. The number of carbonyl (C=O) groups excluding carboxylic acids is 3. The Kier molecular flexibility index (Phi) is 5.03. The maximum absolute atomic E-state index is 12.9. The number of aryl methyl sites for hydroxylation is 2. The third-order valence-corrected chi connectivity index (χ3v) is 5.81. The molecule has 1 heterocycles. The number of carbonyl (C=O) groups is 3. The van der Waals surface area contributed by atoms with Gasteiger partial charge in [-0.15, -0.1) is 0 Å². The third kappa shape index (κ3) is 3.08. The van der Waals surface area contributed by atoms with Gasteiger partial charge in [0, 0.05) is 5.69 Å². The number of para-hydroxylation sites is 1. The Labute approximate surface area is 154 Å². The van der Waals surface area contributed by atoms with Crippen LogP contribution >= 0.6 is 0 Å². The van der Waals surface area contributed by atoms with Crippen LogP contribution in [0.2, 0.25) is 0 Å². The van der Waals surface area contributed by atoms with Crippen molar-refractivity contribution in [2.24, 2.45) is 5.92 Å². The highest BCUT2D eigenvalue weighted by atomic mass is 16.2. The Bertz CT molecular complexity index is 746. The van der Waals surface area contributed by atoms with Crippen molar-refractivity contribution < 1.29 is 14.4 Å². The lowest BCUT2D eigenvalue weighted by atomic mass is 9.73. The SMILES string of the molecule is CCc1cccc(C)c1NC(=O)CN1C(=O)N[C@]2(CCCC[C@H]2C)C1=O. The number of imide groups is 1. The maximum Gasteiger partial charge on any atom is 0.325 e. The second kappa shape index (κ2) is 7.09. The number of hydrogen-bond acceptors (Lipinski definition) is 3. The number of rotatable bonds is 4. The predicted octanol–water partition coefficient (Wildman–Crippen LogP) is 3.00. The molecule has 1 aromatic carbocycles.